The molecule has 0 saturated heterocycles. The molecule has 0 saturated carbocycles. The molecule has 4 nitrogen and oxygen atoms in total. The van der Waals surface area contributed by atoms with Gasteiger partial charge >= 0.3 is 6.03 Å². The average Bonchev–Trinajstić information content (AvgIpc) is 2.94. The van der Waals surface area contributed by atoms with Gasteiger partial charge in [0.05, 0.1) is 11.0 Å². The van der Waals surface area contributed by atoms with E-state index in [1.54, 1.807) is 18.3 Å². The van der Waals surface area contributed by atoms with Crippen molar-refractivity contribution >= 4 is 27.7 Å². The predicted octanol–water partition coefficient (Wildman–Crippen LogP) is 2.82. The van der Waals surface area contributed by atoms with Crippen molar-refractivity contribution in [2.24, 2.45) is 0 Å². The second-order valence-corrected chi connectivity index (χ2v) is 4.53. The fourth-order valence-corrected chi connectivity index (χ4v) is 2.00. The first-order valence-corrected chi connectivity index (χ1v) is 6.93. The van der Waals surface area contributed by atoms with Gasteiger partial charge in [-0.15, -0.1) is 0 Å². The molecule has 0 atom stereocenters. The lowest BCUT2D eigenvalue weighted by Crippen LogP contribution is -2.29. The van der Waals surface area contributed by atoms with E-state index >= 15 is 0 Å². The Labute approximate surface area is 119 Å². The average molecular weight is 321 g/mol. The van der Waals surface area contributed by atoms with Crippen LogP contribution in [0, 0.1) is 0 Å². The number of alkyl halides is 1. The van der Waals surface area contributed by atoms with Crippen molar-refractivity contribution in [2.45, 2.75) is 6.54 Å². The summed E-state index contributed by atoms with van der Waals surface area (Å²) in [4.78, 5) is 23.6. The summed E-state index contributed by atoms with van der Waals surface area (Å²) in [6.07, 6.45) is 1.58. The zero-order valence-electron chi connectivity index (χ0n) is 10.2. The summed E-state index contributed by atoms with van der Waals surface area (Å²) in [5.74, 6) is -0.125. The van der Waals surface area contributed by atoms with Crippen LogP contribution in [0.15, 0.2) is 48.7 Å². The molecule has 2 rings (SSSR count). The quantitative estimate of drug-likeness (QED) is 0.695. The minimum atomic E-state index is -0.307. The summed E-state index contributed by atoms with van der Waals surface area (Å²) in [5.41, 5.74) is 1.39. The Bertz CT molecular complexity index is 578. The predicted molar refractivity (Wildman–Crippen MR) is 76.6 cm³/mol. The van der Waals surface area contributed by atoms with Crippen LogP contribution in [-0.4, -0.2) is 21.7 Å². The molecule has 1 amide bonds. The van der Waals surface area contributed by atoms with Gasteiger partial charge in [0, 0.05) is 12.7 Å². The zero-order valence-corrected chi connectivity index (χ0v) is 11.8. The Morgan fingerprint density at radius 1 is 1.11 bits per heavy atom. The van der Waals surface area contributed by atoms with Crippen molar-refractivity contribution in [1.29, 1.82) is 0 Å². The zero-order chi connectivity index (χ0) is 13.7. The Morgan fingerprint density at radius 2 is 1.84 bits per heavy atom. The lowest BCUT2D eigenvalue weighted by Gasteiger charge is -2.08. The van der Waals surface area contributed by atoms with Crippen molar-refractivity contribution in [3.63, 3.8) is 0 Å². The minimum absolute atomic E-state index is 0.125. The third-order valence-electron chi connectivity index (χ3n) is 2.66. The molecule has 2 aromatic rings. The monoisotopic (exact) mass is 320 g/mol. The van der Waals surface area contributed by atoms with E-state index in [9.17, 15) is 9.59 Å². The summed E-state index contributed by atoms with van der Waals surface area (Å²) < 4.78 is 1.33. The molecule has 1 aromatic carbocycles. The molecule has 5 heteroatoms. The van der Waals surface area contributed by atoms with Crippen molar-refractivity contribution in [2.75, 3.05) is 5.33 Å². The Kier molecular flexibility index (Phi) is 4.52. The van der Waals surface area contributed by atoms with Gasteiger partial charge in [-0.1, -0.05) is 46.3 Å². The van der Waals surface area contributed by atoms with E-state index in [2.05, 4.69) is 21.2 Å². The second kappa shape index (κ2) is 6.33. The SMILES string of the molecule is O=C(CBr)c1cccn1C(=O)NCc1ccccc1. The number of nitrogens with one attached hydrogen (secondary N) is 1. The van der Waals surface area contributed by atoms with Gasteiger partial charge in [0.25, 0.3) is 0 Å². The first-order valence-electron chi connectivity index (χ1n) is 5.81. The number of ketones is 1. The molecule has 0 aliphatic heterocycles. The first kappa shape index (κ1) is 13.5. The number of hydrogen-bond donors (Lipinski definition) is 1. The maximum absolute atomic E-state index is 12.0. The van der Waals surface area contributed by atoms with E-state index < -0.39 is 0 Å². The third kappa shape index (κ3) is 3.32. The van der Waals surface area contributed by atoms with Crippen LogP contribution in [-0.2, 0) is 6.54 Å². The van der Waals surface area contributed by atoms with Gasteiger partial charge in [0.2, 0.25) is 0 Å². The number of carbonyl (C=O) groups is 2. The number of nitrogens with zero attached hydrogens (tertiary/aromatic N) is 1. The molecule has 0 fully saturated rings. The van der Waals surface area contributed by atoms with Gasteiger partial charge in [0.1, 0.15) is 0 Å². The smallest absolute Gasteiger partial charge is 0.326 e. The van der Waals surface area contributed by atoms with E-state index in [1.807, 2.05) is 30.3 Å². The van der Waals surface area contributed by atoms with Crippen LogP contribution in [0.1, 0.15) is 16.1 Å². The lowest BCUT2D eigenvalue weighted by molar-refractivity contribution is 0.101. The summed E-state index contributed by atoms with van der Waals surface area (Å²) >= 11 is 3.10. The standard InChI is InChI=1S/C14H13BrN2O2/c15-9-13(18)12-7-4-8-17(12)14(19)16-10-11-5-2-1-3-6-11/h1-8H,9-10H2,(H,16,19). The van der Waals surface area contributed by atoms with Gasteiger partial charge in [0.15, 0.2) is 5.78 Å². The fourth-order valence-electron chi connectivity index (χ4n) is 1.71. The van der Waals surface area contributed by atoms with Crippen LogP contribution in [0.2, 0.25) is 0 Å². The highest BCUT2D eigenvalue weighted by Gasteiger charge is 2.14. The van der Waals surface area contributed by atoms with Crippen LogP contribution in [0.25, 0.3) is 0 Å². The number of Topliss-reactive ketones (excluding diaryl/α,β-unsaturated/α-hetero) is 1. The molecular formula is C14H13BrN2O2. The van der Waals surface area contributed by atoms with Gasteiger partial charge < -0.3 is 5.32 Å². The first-order chi connectivity index (χ1) is 9.22. The molecule has 1 heterocycles. The van der Waals surface area contributed by atoms with Crippen molar-refractivity contribution in [3.8, 4) is 0 Å². The molecule has 0 unspecified atom stereocenters. The molecule has 0 spiro atoms. The molecule has 1 aromatic heterocycles. The molecule has 0 bridgehead atoms. The third-order valence-corrected chi connectivity index (χ3v) is 3.17. The maximum atomic E-state index is 12.0. The number of aromatic nitrogens is 1. The van der Waals surface area contributed by atoms with Crippen molar-refractivity contribution in [1.82, 2.24) is 9.88 Å². The highest BCUT2D eigenvalue weighted by molar-refractivity contribution is 9.09. The van der Waals surface area contributed by atoms with Crippen LogP contribution in [0.3, 0.4) is 0 Å². The summed E-state index contributed by atoms with van der Waals surface area (Å²) in [5, 5.41) is 2.97. The molecule has 19 heavy (non-hydrogen) atoms. The minimum Gasteiger partial charge on any atom is -0.333 e. The van der Waals surface area contributed by atoms with Gasteiger partial charge in [-0.3, -0.25) is 9.36 Å². The Hall–Kier alpha value is -1.88. The van der Waals surface area contributed by atoms with Crippen molar-refractivity contribution in [3.05, 3.63) is 59.9 Å². The van der Waals surface area contributed by atoms with Gasteiger partial charge in [-0.2, -0.15) is 0 Å². The summed E-state index contributed by atoms with van der Waals surface area (Å²) in [6, 6.07) is 12.6. The second-order valence-electron chi connectivity index (χ2n) is 3.96. The van der Waals surface area contributed by atoms with E-state index in [4.69, 9.17) is 0 Å². The lowest BCUT2D eigenvalue weighted by atomic mass is 10.2. The number of amides is 1. The van der Waals surface area contributed by atoms with Crippen molar-refractivity contribution < 1.29 is 9.59 Å². The maximum Gasteiger partial charge on any atom is 0.326 e. The number of rotatable bonds is 4. The molecule has 0 radical (unpaired) electrons. The summed E-state index contributed by atoms with van der Waals surface area (Å²) in [6.45, 7) is 0.430. The Balaban J connectivity index is 2.05. The molecule has 1 N–H and O–H groups in total. The van der Waals surface area contributed by atoms with E-state index in [1.165, 1.54) is 4.57 Å². The largest absolute Gasteiger partial charge is 0.333 e. The van der Waals surface area contributed by atoms with Crippen LogP contribution < -0.4 is 5.32 Å². The fraction of sp³-hybridized carbons (Fsp3) is 0.143. The topological polar surface area (TPSA) is 51.1 Å². The van der Waals surface area contributed by atoms with E-state index in [-0.39, 0.29) is 17.1 Å². The number of carbonyl (C=O) groups excluding carboxylic acids is 2. The molecule has 0 aliphatic carbocycles. The highest BCUT2D eigenvalue weighted by atomic mass is 79.9. The highest BCUT2D eigenvalue weighted by Crippen LogP contribution is 2.05. The summed E-state index contributed by atoms with van der Waals surface area (Å²) in [7, 11) is 0. The Morgan fingerprint density at radius 3 is 2.53 bits per heavy atom. The van der Waals surface area contributed by atoms with Gasteiger partial charge in [-0.25, -0.2) is 4.79 Å². The molecular weight excluding hydrogens is 308 g/mol. The normalized spacial score (nSPS) is 10.2. The number of benzene rings is 1. The van der Waals surface area contributed by atoms with Crippen LogP contribution in [0.5, 0.6) is 0 Å². The van der Waals surface area contributed by atoms with Gasteiger partial charge in [-0.05, 0) is 17.7 Å². The van der Waals surface area contributed by atoms with Crippen LogP contribution >= 0.6 is 15.9 Å². The number of hydrogen-bond acceptors (Lipinski definition) is 2. The van der Waals surface area contributed by atoms with E-state index in [0.29, 0.717) is 12.2 Å². The molecule has 0 aliphatic rings. The van der Waals surface area contributed by atoms with Crippen LogP contribution in [0.4, 0.5) is 4.79 Å². The van der Waals surface area contributed by atoms with E-state index in [0.717, 1.165) is 5.56 Å². The molecule has 98 valence electrons. The number of halogens is 1.